The number of aromatic nitrogens is 3. The lowest BCUT2D eigenvalue weighted by molar-refractivity contribution is -0.117. The van der Waals surface area contributed by atoms with Gasteiger partial charge in [0.25, 0.3) is 0 Å². The van der Waals surface area contributed by atoms with Gasteiger partial charge >= 0.3 is 0 Å². The molecular formula is C16H20N4O2S. The van der Waals surface area contributed by atoms with E-state index in [1.807, 2.05) is 24.3 Å². The van der Waals surface area contributed by atoms with Crippen LogP contribution in [0.4, 0.5) is 5.82 Å². The Hall–Kier alpha value is -2.02. The van der Waals surface area contributed by atoms with Crippen LogP contribution in [0.5, 0.6) is 5.75 Å². The molecule has 0 unspecified atom stereocenters. The zero-order valence-electron chi connectivity index (χ0n) is 13.3. The Morgan fingerprint density at radius 1 is 1.48 bits per heavy atom. The molecule has 1 aliphatic rings. The average Bonchev–Trinajstić information content (AvgIpc) is 3.13. The number of anilines is 1. The normalized spacial score (nSPS) is 15.2. The topological polar surface area (TPSA) is 69.0 Å². The van der Waals surface area contributed by atoms with Gasteiger partial charge in [0.15, 0.2) is 5.82 Å². The molecule has 122 valence electrons. The molecule has 7 heteroatoms. The Morgan fingerprint density at radius 3 is 3.00 bits per heavy atom. The number of ether oxygens (including phenoxy) is 1. The molecule has 1 heterocycles. The number of nitrogens with zero attached hydrogens (tertiary/aromatic N) is 3. The van der Waals surface area contributed by atoms with Gasteiger partial charge in [0.05, 0.1) is 19.0 Å². The van der Waals surface area contributed by atoms with Crippen LogP contribution in [-0.2, 0) is 4.79 Å². The maximum Gasteiger partial charge on any atom is 0.226 e. The molecule has 0 bridgehead atoms. The van der Waals surface area contributed by atoms with E-state index in [9.17, 15) is 4.79 Å². The van der Waals surface area contributed by atoms with E-state index in [-0.39, 0.29) is 11.3 Å². The summed E-state index contributed by atoms with van der Waals surface area (Å²) in [5.41, 5.74) is 1.03. The van der Waals surface area contributed by atoms with Gasteiger partial charge in [-0.25, -0.2) is 4.68 Å². The van der Waals surface area contributed by atoms with Crippen molar-refractivity contribution in [3.63, 3.8) is 0 Å². The zero-order valence-corrected chi connectivity index (χ0v) is 14.1. The number of methoxy groups -OCH3 is 1. The number of nitrogens with one attached hydrogen (secondary N) is 1. The molecule has 0 atom stereocenters. The standard InChI is InChI=1S/C16H20N4O2S/c1-22-13-5-3-4-12(8-13)20-10-14(18-19-20)17-15(21)9-16(6-7-16)11-23-2/h3-5,8,10H,6-7,9,11H2,1-2H3,(H,17,21). The second-order valence-corrected chi connectivity index (χ2v) is 6.77. The maximum absolute atomic E-state index is 12.2. The van der Waals surface area contributed by atoms with Gasteiger partial charge in [0.1, 0.15) is 5.75 Å². The average molecular weight is 332 g/mol. The van der Waals surface area contributed by atoms with Crippen LogP contribution >= 0.6 is 11.8 Å². The van der Waals surface area contributed by atoms with E-state index < -0.39 is 0 Å². The fraction of sp³-hybridized carbons (Fsp3) is 0.438. The van der Waals surface area contributed by atoms with Crippen LogP contribution in [0.15, 0.2) is 30.5 Å². The quantitative estimate of drug-likeness (QED) is 0.844. The van der Waals surface area contributed by atoms with Crippen molar-refractivity contribution in [1.82, 2.24) is 15.0 Å². The molecule has 0 radical (unpaired) electrons. The van der Waals surface area contributed by atoms with Crippen LogP contribution in [0.1, 0.15) is 19.3 Å². The molecule has 1 aliphatic carbocycles. The highest BCUT2D eigenvalue weighted by Gasteiger charge is 2.43. The number of amides is 1. The predicted molar refractivity (Wildman–Crippen MR) is 91.2 cm³/mol. The van der Waals surface area contributed by atoms with Crippen LogP contribution in [0.25, 0.3) is 5.69 Å². The van der Waals surface area contributed by atoms with E-state index in [0.29, 0.717) is 12.2 Å². The number of carbonyl (C=O) groups is 1. The number of hydrogen-bond acceptors (Lipinski definition) is 5. The summed E-state index contributed by atoms with van der Waals surface area (Å²) in [4.78, 5) is 12.2. The molecule has 6 nitrogen and oxygen atoms in total. The number of carbonyl (C=O) groups excluding carboxylic acids is 1. The Kier molecular flexibility index (Phi) is 4.56. The van der Waals surface area contributed by atoms with E-state index >= 15 is 0 Å². The predicted octanol–water partition coefficient (Wildman–Crippen LogP) is 2.75. The summed E-state index contributed by atoms with van der Waals surface area (Å²) in [5, 5.41) is 10.9. The molecule has 1 fully saturated rings. The largest absolute Gasteiger partial charge is 0.497 e. The lowest BCUT2D eigenvalue weighted by Gasteiger charge is -2.11. The molecule has 1 aromatic heterocycles. The lowest BCUT2D eigenvalue weighted by Crippen LogP contribution is -2.19. The Balaban J connectivity index is 1.64. The van der Waals surface area contributed by atoms with Gasteiger partial charge in [0.2, 0.25) is 5.91 Å². The fourth-order valence-electron chi connectivity index (χ4n) is 2.58. The van der Waals surface area contributed by atoms with Crippen molar-refractivity contribution in [3.8, 4) is 11.4 Å². The third kappa shape index (κ3) is 3.85. The highest BCUT2D eigenvalue weighted by molar-refractivity contribution is 7.98. The first kappa shape index (κ1) is 15.9. The van der Waals surface area contributed by atoms with E-state index in [4.69, 9.17) is 4.74 Å². The lowest BCUT2D eigenvalue weighted by atomic mass is 10.1. The molecule has 1 N–H and O–H groups in total. The van der Waals surface area contributed by atoms with Gasteiger partial charge in [0, 0.05) is 12.5 Å². The first-order chi connectivity index (χ1) is 11.1. The highest BCUT2D eigenvalue weighted by atomic mass is 32.2. The Morgan fingerprint density at radius 2 is 2.30 bits per heavy atom. The Labute approximate surface area is 139 Å². The fourth-order valence-corrected chi connectivity index (χ4v) is 3.59. The Bertz CT molecular complexity index is 697. The maximum atomic E-state index is 12.2. The molecule has 1 amide bonds. The van der Waals surface area contributed by atoms with Crippen molar-refractivity contribution in [2.45, 2.75) is 19.3 Å². The minimum atomic E-state index is 0.00856. The summed E-state index contributed by atoms with van der Waals surface area (Å²) in [5.74, 6) is 2.26. The molecule has 1 aromatic carbocycles. The summed E-state index contributed by atoms with van der Waals surface area (Å²) >= 11 is 1.80. The molecule has 3 rings (SSSR count). The van der Waals surface area contributed by atoms with E-state index in [1.165, 1.54) is 0 Å². The number of hydrogen-bond donors (Lipinski definition) is 1. The van der Waals surface area contributed by atoms with Crippen LogP contribution in [-0.4, -0.2) is 40.0 Å². The molecule has 1 saturated carbocycles. The van der Waals surface area contributed by atoms with Crippen molar-refractivity contribution < 1.29 is 9.53 Å². The summed E-state index contributed by atoms with van der Waals surface area (Å²) in [6.45, 7) is 0. The number of thioether (sulfide) groups is 1. The third-order valence-electron chi connectivity index (χ3n) is 4.02. The van der Waals surface area contributed by atoms with E-state index in [1.54, 1.807) is 29.8 Å². The number of rotatable bonds is 7. The van der Waals surface area contributed by atoms with Crippen molar-refractivity contribution in [1.29, 1.82) is 0 Å². The van der Waals surface area contributed by atoms with Crippen LogP contribution < -0.4 is 10.1 Å². The van der Waals surface area contributed by atoms with Gasteiger partial charge in [-0.2, -0.15) is 11.8 Å². The highest BCUT2D eigenvalue weighted by Crippen LogP contribution is 2.50. The van der Waals surface area contributed by atoms with Crippen molar-refractivity contribution in [2.24, 2.45) is 5.41 Å². The van der Waals surface area contributed by atoms with Gasteiger partial charge in [-0.15, -0.1) is 5.10 Å². The van der Waals surface area contributed by atoms with Crippen LogP contribution in [0, 0.1) is 5.41 Å². The third-order valence-corrected chi connectivity index (χ3v) is 4.92. The minimum Gasteiger partial charge on any atom is -0.497 e. The molecule has 0 saturated heterocycles. The van der Waals surface area contributed by atoms with Crippen molar-refractivity contribution >= 4 is 23.5 Å². The first-order valence-corrected chi connectivity index (χ1v) is 8.89. The first-order valence-electron chi connectivity index (χ1n) is 7.50. The van der Waals surface area contributed by atoms with Gasteiger partial charge < -0.3 is 10.1 Å². The summed E-state index contributed by atoms with van der Waals surface area (Å²) in [7, 11) is 1.62. The SMILES string of the molecule is COc1cccc(-n2cc(NC(=O)CC3(CSC)CC3)nn2)c1. The number of benzene rings is 1. The van der Waals surface area contributed by atoms with E-state index in [2.05, 4.69) is 21.9 Å². The van der Waals surface area contributed by atoms with Crippen LogP contribution in [0.3, 0.4) is 0 Å². The van der Waals surface area contributed by atoms with Gasteiger partial charge in [-0.3, -0.25) is 4.79 Å². The smallest absolute Gasteiger partial charge is 0.226 e. The van der Waals surface area contributed by atoms with Crippen molar-refractivity contribution in [2.75, 3.05) is 24.4 Å². The zero-order chi connectivity index (χ0) is 16.3. The van der Waals surface area contributed by atoms with Crippen LogP contribution in [0.2, 0.25) is 0 Å². The summed E-state index contributed by atoms with van der Waals surface area (Å²) in [6.07, 6.45) is 6.62. The van der Waals surface area contributed by atoms with Gasteiger partial charge in [-0.1, -0.05) is 11.3 Å². The monoisotopic (exact) mass is 332 g/mol. The minimum absolute atomic E-state index is 0.00856. The molecule has 2 aromatic rings. The molecular weight excluding hydrogens is 312 g/mol. The molecule has 0 aliphatic heterocycles. The summed E-state index contributed by atoms with van der Waals surface area (Å²) in [6, 6.07) is 7.51. The molecule has 0 spiro atoms. The second kappa shape index (κ2) is 6.62. The second-order valence-electron chi connectivity index (χ2n) is 5.91. The summed E-state index contributed by atoms with van der Waals surface area (Å²) < 4.78 is 6.82. The molecule has 23 heavy (non-hydrogen) atoms. The van der Waals surface area contributed by atoms with Gasteiger partial charge in [-0.05, 0) is 42.4 Å². The van der Waals surface area contributed by atoms with Crippen molar-refractivity contribution in [3.05, 3.63) is 30.5 Å². The van der Waals surface area contributed by atoms with E-state index in [0.717, 1.165) is 30.0 Å².